The van der Waals surface area contributed by atoms with Crippen LogP contribution in [0.4, 0.5) is 5.69 Å². The van der Waals surface area contributed by atoms with Crippen LogP contribution in [0, 0.1) is 0 Å². The molecule has 3 nitrogen and oxygen atoms in total. The first-order chi connectivity index (χ1) is 6.33. The number of hydrogen-bond acceptors (Lipinski definition) is 2. The first-order valence-electron chi connectivity index (χ1n) is 4.42. The predicted molar refractivity (Wildman–Crippen MR) is 56.3 cm³/mol. The zero-order chi connectivity index (χ0) is 9.26. The average molecular weight is 175 g/mol. The summed E-state index contributed by atoms with van der Waals surface area (Å²) >= 11 is 0. The van der Waals surface area contributed by atoms with E-state index >= 15 is 0 Å². The fourth-order valence-corrected chi connectivity index (χ4v) is 1.50. The van der Waals surface area contributed by atoms with Crippen molar-refractivity contribution in [3.05, 3.63) is 30.5 Å². The molecule has 68 valence electrons. The second-order valence-electron chi connectivity index (χ2n) is 2.98. The Labute approximate surface area is 77.1 Å². The largest absolute Gasteiger partial charge is 0.398 e. The summed E-state index contributed by atoms with van der Waals surface area (Å²) in [6, 6.07) is 7.95. The molecule has 0 spiro atoms. The molecular formula is C10H13N3. The van der Waals surface area contributed by atoms with Gasteiger partial charge in [0, 0.05) is 23.8 Å². The summed E-state index contributed by atoms with van der Waals surface area (Å²) in [6.07, 6.45) is 1.99. The minimum absolute atomic E-state index is 0.828. The van der Waals surface area contributed by atoms with Crippen molar-refractivity contribution in [2.24, 2.45) is 0 Å². The quantitative estimate of drug-likeness (QED) is 0.683. The third kappa shape index (κ3) is 1.22. The summed E-state index contributed by atoms with van der Waals surface area (Å²) in [4.78, 5) is 0. The van der Waals surface area contributed by atoms with Crippen molar-refractivity contribution >= 4 is 16.6 Å². The van der Waals surface area contributed by atoms with Crippen LogP contribution in [0.3, 0.4) is 0 Å². The highest BCUT2D eigenvalue weighted by Crippen LogP contribution is 2.20. The van der Waals surface area contributed by atoms with Crippen molar-refractivity contribution in [3.63, 3.8) is 0 Å². The van der Waals surface area contributed by atoms with E-state index in [1.54, 1.807) is 0 Å². The molecule has 1 heterocycles. The molecule has 1 aromatic heterocycles. The molecule has 0 aliphatic heterocycles. The number of nitrogen functional groups attached to an aromatic ring is 1. The number of nitrogens with one attached hydrogen (secondary N) is 1. The molecule has 13 heavy (non-hydrogen) atoms. The van der Waals surface area contributed by atoms with Crippen LogP contribution in [0.25, 0.3) is 10.9 Å². The monoisotopic (exact) mass is 175 g/mol. The lowest BCUT2D eigenvalue weighted by atomic mass is 10.2. The molecule has 0 radical (unpaired) electrons. The average Bonchev–Trinajstić information content (AvgIpc) is 2.51. The maximum atomic E-state index is 5.82. The Morgan fingerprint density at radius 2 is 2.23 bits per heavy atom. The molecule has 0 saturated heterocycles. The Balaban J connectivity index is 2.61. The molecule has 3 heteroatoms. The van der Waals surface area contributed by atoms with E-state index in [9.17, 15) is 0 Å². The molecule has 2 rings (SSSR count). The van der Waals surface area contributed by atoms with Crippen molar-refractivity contribution in [2.75, 3.05) is 17.7 Å². The molecule has 0 atom stereocenters. The molecular weight excluding hydrogens is 162 g/mol. The third-order valence-corrected chi connectivity index (χ3v) is 2.10. The molecule has 0 bridgehead atoms. The summed E-state index contributed by atoms with van der Waals surface area (Å²) in [5.74, 6) is 0. The highest BCUT2D eigenvalue weighted by Gasteiger charge is 2.01. The third-order valence-electron chi connectivity index (χ3n) is 2.10. The van der Waals surface area contributed by atoms with Crippen LogP contribution < -0.4 is 11.2 Å². The second-order valence-corrected chi connectivity index (χ2v) is 2.98. The molecule has 1 aromatic carbocycles. The van der Waals surface area contributed by atoms with Crippen LogP contribution in [-0.2, 0) is 0 Å². The summed E-state index contributed by atoms with van der Waals surface area (Å²) in [5.41, 5.74) is 11.0. The smallest absolute Gasteiger partial charge is 0.0713 e. The van der Waals surface area contributed by atoms with Gasteiger partial charge in [0.25, 0.3) is 0 Å². The number of nitrogens with two attached hydrogens (primary N) is 1. The van der Waals surface area contributed by atoms with Gasteiger partial charge in [-0.1, -0.05) is 6.07 Å². The van der Waals surface area contributed by atoms with Crippen molar-refractivity contribution in [2.45, 2.75) is 6.92 Å². The zero-order valence-corrected chi connectivity index (χ0v) is 7.62. The molecule has 0 aliphatic rings. The number of benzene rings is 1. The van der Waals surface area contributed by atoms with Crippen molar-refractivity contribution in [1.82, 2.24) is 4.68 Å². The van der Waals surface area contributed by atoms with Gasteiger partial charge in [0.1, 0.15) is 0 Å². The SMILES string of the molecule is CCNn1ccc2c(N)cccc21. The molecule has 2 aromatic rings. The second kappa shape index (κ2) is 3.01. The predicted octanol–water partition coefficient (Wildman–Crippen LogP) is 1.79. The molecule has 0 aliphatic carbocycles. The topological polar surface area (TPSA) is 43.0 Å². The van der Waals surface area contributed by atoms with Crippen LogP contribution in [-0.4, -0.2) is 11.2 Å². The van der Waals surface area contributed by atoms with Gasteiger partial charge in [-0.25, -0.2) is 0 Å². The maximum Gasteiger partial charge on any atom is 0.0713 e. The van der Waals surface area contributed by atoms with Gasteiger partial charge in [-0.05, 0) is 25.1 Å². The minimum atomic E-state index is 0.828. The number of anilines is 1. The van der Waals surface area contributed by atoms with Gasteiger partial charge < -0.3 is 11.2 Å². The van der Waals surface area contributed by atoms with E-state index in [1.165, 1.54) is 0 Å². The van der Waals surface area contributed by atoms with Crippen LogP contribution in [0.15, 0.2) is 30.5 Å². The van der Waals surface area contributed by atoms with Crippen LogP contribution in [0.1, 0.15) is 6.92 Å². The van der Waals surface area contributed by atoms with E-state index in [0.29, 0.717) is 0 Å². The van der Waals surface area contributed by atoms with Crippen LogP contribution in [0.2, 0.25) is 0 Å². The van der Waals surface area contributed by atoms with Crippen molar-refractivity contribution in [3.8, 4) is 0 Å². The molecule has 0 unspecified atom stereocenters. The lowest BCUT2D eigenvalue weighted by Gasteiger charge is -2.06. The highest BCUT2D eigenvalue weighted by molar-refractivity contribution is 5.91. The van der Waals surface area contributed by atoms with Gasteiger partial charge in [-0.2, -0.15) is 0 Å². The van der Waals surface area contributed by atoms with E-state index in [4.69, 9.17) is 5.73 Å². The minimum Gasteiger partial charge on any atom is -0.398 e. The van der Waals surface area contributed by atoms with E-state index in [2.05, 4.69) is 12.3 Å². The van der Waals surface area contributed by atoms with E-state index in [1.807, 2.05) is 35.1 Å². The lowest BCUT2D eigenvalue weighted by molar-refractivity contribution is 0.901. The van der Waals surface area contributed by atoms with Crippen LogP contribution >= 0.6 is 0 Å². The number of fused-ring (bicyclic) bond motifs is 1. The van der Waals surface area contributed by atoms with Gasteiger partial charge >= 0.3 is 0 Å². The summed E-state index contributed by atoms with van der Waals surface area (Å²) < 4.78 is 1.99. The Morgan fingerprint density at radius 1 is 1.38 bits per heavy atom. The molecule has 0 saturated carbocycles. The Kier molecular flexibility index (Phi) is 1.85. The summed E-state index contributed by atoms with van der Waals surface area (Å²) in [6.45, 7) is 2.97. The normalized spacial score (nSPS) is 10.5. The fraction of sp³-hybridized carbons (Fsp3) is 0.200. The van der Waals surface area contributed by atoms with Gasteiger partial charge in [0.2, 0.25) is 0 Å². The Morgan fingerprint density at radius 3 is 3.00 bits per heavy atom. The molecule has 0 fully saturated rings. The summed E-state index contributed by atoms with van der Waals surface area (Å²) in [7, 11) is 0. The molecule has 0 amide bonds. The first-order valence-corrected chi connectivity index (χ1v) is 4.42. The fourth-order valence-electron chi connectivity index (χ4n) is 1.50. The Hall–Kier alpha value is -1.64. The maximum absolute atomic E-state index is 5.82. The van der Waals surface area contributed by atoms with E-state index in [0.717, 1.165) is 23.1 Å². The highest BCUT2D eigenvalue weighted by atomic mass is 15.4. The summed E-state index contributed by atoms with van der Waals surface area (Å²) in [5, 5.41) is 1.10. The standard InChI is InChI=1S/C10H13N3/c1-2-12-13-7-6-8-9(11)4-3-5-10(8)13/h3-7,12H,2,11H2,1H3. The first kappa shape index (κ1) is 7.98. The Bertz CT molecular complexity index is 417. The number of aromatic nitrogens is 1. The zero-order valence-electron chi connectivity index (χ0n) is 7.62. The van der Waals surface area contributed by atoms with Crippen LogP contribution in [0.5, 0.6) is 0 Å². The molecule has 3 N–H and O–H groups in total. The number of nitrogens with zero attached hydrogens (tertiary/aromatic N) is 1. The van der Waals surface area contributed by atoms with Gasteiger partial charge in [-0.3, -0.25) is 4.68 Å². The van der Waals surface area contributed by atoms with Gasteiger partial charge in [0.05, 0.1) is 5.52 Å². The van der Waals surface area contributed by atoms with Gasteiger partial charge in [-0.15, -0.1) is 0 Å². The van der Waals surface area contributed by atoms with E-state index < -0.39 is 0 Å². The number of rotatable bonds is 2. The van der Waals surface area contributed by atoms with Gasteiger partial charge in [0.15, 0.2) is 0 Å². The van der Waals surface area contributed by atoms with Crippen molar-refractivity contribution < 1.29 is 0 Å². The number of hydrogen-bond donors (Lipinski definition) is 2. The van der Waals surface area contributed by atoms with Crippen molar-refractivity contribution in [1.29, 1.82) is 0 Å². The lowest BCUT2D eigenvalue weighted by Crippen LogP contribution is -2.11. The van der Waals surface area contributed by atoms with E-state index in [-0.39, 0.29) is 0 Å².